The first-order chi connectivity index (χ1) is 9.75. The first kappa shape index (κ1) is 15.7. The topological polar surface area (TPSA) is 21.3 Å². The lowest BCUT2D eigenvalue weighted by Gasteiger charge is -2.27. The number of thioether (sulfide) groups is 1. The molecule has 0 bridgehead atoms. The molecular formula is C17H27NOS. The summed E-state index contributed by atoms with van der Waals surface area (Å²) < 4.78 is 5.76. The van der Waals surface area contributed by atoms with Crippen molar-refractivity contribution in [3.8, 4) is 5.75 Å². The van der Waals surface area contributed by atoms with E-state index in [0.29, 0.717) is 0 Å². The lowest BCUT2D eigenvalue weighted by molar-refractivity contribution is 0.318. The minimum atomic E-state index is 0.788. The molecule has 1 aromatic carbocycles. The molecule has 1 heterocycles. The molecule has 1 fully saturated rings. The zero-order valence-electron chi connectivity index (χ0n) is 12.7. The van der Waals surface area contributed by atoms with E-state index >= 15 is 0 Å². The number of rotatable bonds is 7. The van der Waals surface area contributed by atoms with Crippen molar-refractivity contribution < 1.29 is 4.74 Å². The third-order valence-electron chi connectivity index (χ3n) is 4.01. The van der Waals surface area contributed by atoms with Crippen molar-refractivity contribution in [1.29, 1.82) is 0 Å². The molecule has 1 aromatic rings. The summed E-state index contributed by atoms with van der Waals surface area (Å²) in [6.45, 7) is 7.72. The lowest BCUT2D eigenvalue weighted by Crippen LogP contribution is -2.31. The Hall–Kier alpha value is -0.670. The van der Waals surface area contributed by atoms with Gasteiger partial charge < -0.3 is 10.1 Å². The summed E-state index contributed by atoms with van der Waals surface area (Å²) in [7, 11) is 0. The van der Waals surface area contributed by atoms with E-state index in [9.17, 15) is 0 Å². The Morgan fingerprint density at radius 3 is 2.65 bits per heavy atom. The fraction of sp³-hybridized carbons (Fsp3) is 0.647. The monoisotopic (exact) mass is 293 g/mol. The van der Waals surface area contributed by atoms with Crippen LogP contribution in [0.15, 0.2) is 24.3 Å². The van der Waals surface area contributed by atoms with E-state index in [1.165, 1.54) is 37.2 Å². The van der Waals surface area contributed by atoms with Gasteiger partial charge in [0.15, 0.2) is 0 Å². The normalized spacial score (nSPS) is 17.9. The molecule has 1 aliphatic rings. The lowest BCUT2D eigenvalue weighted by atomic mass is 9.95. The van der Waals surface area contributed by atoms with Gasteiger partial charge in [0.1, 0.15) is 5.75 Å². The van der Waals surface area contributed by atoms with Crippen LogP contribution in [0, 0.1) is 12.8 Å². The van der Waals surface area contributed by atoms with Crippen LogP contribution in [0.4, 0.5) is 0 Å². The third kappa shape index (κ3) is 5.37. The number of benzene rings is 1. The van der Waals surface area contributed by atoms with Crippen molar-refractivity contribution in [3.05, 3.63) is 29.8 Å². The van der Waals surface area contributed by atoms with Crippen molar-refractivity contribution in [2.45, 2.75) is 38.4 Å². The highest BCUT2D eigenvalue weighted by Crippen LogP contribution is 2.26. The van der Waals surface area contributed by atoms with Crippen LogP contribution < -0.4 is 10.1 Å². The van der Waals surface area contributed by atoms with E-state index in [-0.39, 0.29) is 0 Å². The van der Waals surface area contributed by atoms with Crippen LogP contribution >= 0.6 is 11.8 Å². The molecule has 1 saturated heterocycles. The minimum absolute atomic E-state index is 0.788. The number of aryl methyl sites for hydroxylation is 1. The maximum Gasteiger partial charge on any atom is 0.119 e. The Labute approximate surface area is 127 Å². The molecule has 3 heteroatoms. The van der Waals surface area contributed by atoms with Crippen molar-refractivity contribution in [2.24, 2.45) is 5.92 Å². The van der Waals surface area contributed by atoms with Crippen LogP contribution in [-0.4, -0.2) is 30.7 Å². The molecule has 20 heavy (non-hydrogen) atoms. The predicted molar refractivity (Wildman–Crippen MR) is 88.8 cm³/mol. The molecule has 2 rings (SSSR count). The van der Waals surface area contributed by atoms with Crippen LogP contribution in [0.5, 0.6) is 5.75 Å². The summed E-state index contributed by atoms with van der Waals surface area (Å²) in [5, 5.41) is 4.23. The van der Waals surface area contributed by atoms with E-state index < -0.39 is 0 Å². The molecular weight excluding hydrogens is 266 g/mol. The summed E-state index contributed by atoms with van der Waals surface area (Å²) >= 11 is 2.11. The summed E-state index contributed by atoms with van der Waals surface area (Å²) in [5.41, 5.74) is 1.28. The van der Waals surface area contributed by atoms with Crippen LogP contribution in [0.3, 0.4) is 0 Å². The van der Waals surface area contributed by atoms with E-state index in [4.69, 9.17) is 4.74 Å². The fourth-order valence-electron chi connectivity index (χ4n) is 2.60. The van der Waals surface area contributed by atoms with Crippen molar-refractivity contribution >= 4 is 11.8 Å². The molecule has 0 aromatic heterocycles. The van der Waals surface area contributed by atoms with Gasteiger partial charge in [-0.3, -0.25) is 0 Å². The van der Waals surface area contributed by atoms with Gasteiger partial charge in [-0.05, 0) is 63.1 Å². The third-order valence-corrected chi connectivity index (χ3v) is 5.44. The number of hydrogen-bond acceptors (Lipinski definition) is 3. The average Bonchev–Trinajstić information content (AvgIpc) is 2.49. The van der Waals surface area contributed by atoms with Gasteiger partial charge in [-0.2, -0.15) is 11.8 Å². The molecule has 1 atom stereocenters. The van der Waals surface area contributed by atoms with E-state index in [1.54, 1.807) is 0 Å². The zero-order valence-corrected chi connectivity index (χ0v) is 13.5. The van der Waals surface area contributed by atoms with E-state index in [1.807, 2.05) is 0 Å². The molecule has 1 unspecified atom stereocenters. The van der Waals surface area contributed by atoms with Crippen LogP contribution in [0.2, 0.25) is 0 Å². The fourth-order valence-corrected chi connectivity index (χ4v) is 3.80. The van der Waals surface area contributed by atoms with Gasteiger partial charge in [-0.15, -0.1) is 0 Å². The van der Waals surface area contributed by atoms with Crippen molar-refractivity contribution in [1.82, 2.24) is 5.32 Å². The smallest absolute Gasteiger partial charge is 0.119 e. The maximum atomic E-state index is 5.76. The standard InChI is InChI=1S/C17H27NOS/c1-14-4-6-17(7-5-14)19-12-3-13-20-15(2)16-8-10-18-11-9-16/h4-7,15-16,18H,3,8-13H2,1-2H3. The van der Waals surface area contributed by atoms with Crippen molar-refractivity contribution in [2.75, 3.05) is 25.4 Å². The van der Waals surface area contributed by atoms with Gasteiger partial charge in [-0.25, -0.2) is 0 Å². The summed E-state index contributed by atoms with van der Waals surface area (Å²) in [6.07, 6.45) is 3.82. The molecule has 0 spiro atoms. The SMILES string of the molecule is Cc1ccc(OCCCSC(C)C2CCNCC2)cc1. The molecule has 0 amide bonds. The van der Waals surface area contributed by atoms with Gasteiger partial charge in [-0.1, -0.05) is 24.6 Å². The number of nitrogens with one attached hydrogen (secondary N) is 1. The average molecular weight is 293 g/mol. The zero-order chi connectivity index (χ0) is 14.2. The highest BCUT2D eigenvalue weighted by molar-refractivity contribution is 7.99. The second-order valence-corrected chi connectivity index (χ2v) is 7.16. The van der Waals surface area contributed by atoms with Crippen LogP contribution in [0.25, 0.3) is 0 Å². The largest absolute Gasteiger partial charge is 0.494 e. The summed E-state index contributed by atoms with van der Waals surface area (Å²) in [5.74, 6) is 3.10. The minimum Gasteiger partial charge on any atom is -0.494 e. The Balaban J connectivity index is 1.55. The van der Waals surface area contributed by atoms with Crippen LogP contribution in [0.1, 0.15) is 31.7 Å². The van der Waals surface area contributed by atoms with Gasteiger partial charge >= 0.3 is 0 Å². The molecule has 2 nitrogen and oxygen atoms in total. The first-order valence-electron chi connectivity index (χ1n) is 7.77. The molecule has 1 aliphatic heterocycles. The van der Waals surface area contributed by atoms with E-state index in [0.717, 1.165) is 29.9 Å². The maximum absolute atomic E-state index is 5.76. The molecule has 0 aliphatic carbocycles. The first-order valence-corrected chi connectivity index (χ1v) is 8.82. The van der Waals surface area contributed by atoms with Gasteiger partial charge in [0, 0.05) is 5.25 Å². The predicted octanol–water partition coefficient (Wildman–Crippen LogP) is 3.89. The van der Waals surface area contributed by atoms with Gasteiger partial charge in [0.05, 0.1) is 6.61 Å². The highest BCUT2D eigenvalue weighted by Gasteiger charge is 2.19. The van der Waals surface area contributed by atoms with Crippen molar-refractivity contribution in [3.63, 3.8) is 0 Å². The van der Waals surface area contributed by atoms with E-state index in [2.05, 4.69) is 55.2 Å². The molecule has 1 N–H and O–H groups in total. The number of hydrogen-bond donors (Lipinski definition) is 1. The highest BCUT2D eigenvalue weighted by atomic mass is 32.2. The Bertz CT molecular complexity index is 373. The molecule has 0 radical (unpaired) electrons. The Morgan fingerprint density at radius 2 is 1.95 bits per heavy atom. The Kier molecular flexibility index (Phi) is 6.74. The summed E-state index contributed by atoms with van der Waals surface area (Å²) in [6, 6.07) is 8.31. The number of piperidine rings is 1. The van der Waals surface area contributed by atoms with Gasteiger partial charge in [0.2, 0.25) is 0 Å². The second-order valence-electron chi connectivity index (χ2n) is 5.68. The van der Waals surface area contributed by atoms with Crippen LogP contribution in [-0.2, 0) is 0 Å². The second kappa shape index (κ2) is 8.58. The Morgan fingerprint density at radius 1 is 1.25 bits per heavy atom. The summed E-state index contributed by atoms with van der Waals surface area (Å²) in [4.78, 5) is 0. The quantitative estimate of drug-likeness (QED) is 0.771. The van der Waals surface area contributed by atoms with Gasteiger partial charge in [0.25, 0.3) is 0 Å². The number of ether oxygens (including phenoxy) is 1. The molecule has 0 saturated carbocycles. The molecule has 112 valence electrons.